The number of carbonyl (C=O) groups is 1. The topological polar surface area (TPSA) is 57.2 Å². The van der Waals surface area contributed by atoms with E-state index in [1.54, 1.807) is 12.0 Å². The van der Waals surface area contributed by atoms with Gasteiger partial charge in [-0.15, -0.1) is 0 Å². The molecule has 1 amide bonds. The van der Waals surface area contributed by atoms with Gasteiger partial charge in [0.15, 0.2) is 11.5 Å². The van der Waals surface area contributed by atoms with Crippen LogP contribution in [0.3, 0.4) is 0 Å². The molecule has 186 valence electrons. The smallest absolute Gasteiger partial charge is 0.266 e. The fraction of sp³-hybridized carbons (Fsp3) is 0.214. The molecule has 1 fully saturated rings. The molecule has 8 heteroatoms. The van der Waals surface area contributed by atoms with Crippen LogP contribution in [0.25, 0.3) is 6.08 Å². The molecule has 0 N–H and O–H groups in total. The van der Waals surface area contributed by atoms with Crippen LogP contribution < -0.4 is 18.9 Å². The number of ether oxygens (including phenoxy) is 4. The van der Waals surface area contributed by atoms with E-state index in [1.165, 1.54) is 11.8 Å². The van der Waals surface area contributed by atoms with Crippen LogP contribution in [-0.2, 0) is 11.3 Å². The Morgan fingerprint density at radius 1 is 0.889 bits per heavy atom. The van der Waals surface area contributed by atoms with Crippen LogP contribution in [0.2, 0.25) is 0 Å². The van der Waals surface area contributed by atoms with Gasteiger partial charge < -0.3 is 18.9 Å². The van der Waals surface area contributed by atoms with Crippen molar-refractivity contribution in [3.05, 3.63) is 88.8 Å². The molecule has 0 saturated carbocycles. The SMILES string of the molecule is CCOc1cc(/C=C2/SC(=S)N(Cc3ccccc3)C2=O)ccc1OCCOc1cccc(OC)c1. The Kier molecular flexibility index (Phi) is 8.86. The zero-order valence-electron chi connectivity index (χ0n) is 20.1. The number of hydrogen-bond acceptors (Lipinski definition) is 7. The van der Waals surface area contributed by atoms with Crippen LogP contribution in [0, 0.1) is 0 Å². The lowest BCUT2D eigenvalue weighted by Crippen LogP contribution is -2.27. The third-order valence-electron chi connectivity index (χ3n) is 5.27. The molecular weight excluding hydrogens is 494 g/mol. The van der Waals surface area contributed by atoms with Crippen molar-refractivity contribution in [1.29, 1.82) is 0 Å². The molecule has 0 spiro atoms. The van der Waals surface area contributed by atoms with E-state index in [2.05, 4.69) is 0 Å². The number of amides is 1. The van der Waals surface area contributed by atoms with E-state index < -0.39 is 0 Å². The highest BCUT2D eigenvalue weighted by atomic mass is 32.2. The Balaban J connectivity index is 1.40. The maximum Gasteiger partial charge on any atom is 0.266 e. The minimum Gasteiger partial charge on any atom is -0.497 e. The van der Waals surface area contributed by atoms with Crippen LogP contribution in [-0.4, -0.2) is 42.1 Å². The quantitative estimate of drug-likeness (QED) is 0.175. The molecule has 0 aromatic heterocycles. The van der Waals surface area contributed by atoms with E-state index in [4.69, 9.17) is 31.2 Å². The molecule has 6 nitrogen and oxygen atoms in total. The van der Waals surface area contributed by atoms with Gasteiger partial charge >= 0.3 is 0 Å². The molecule has 0 radical (unpaired) electrons. The van der Waals surface area contributed by atoms with Gasteiger partial charge in [-0.25, -0.2) is 0 Å². The fourth-order valence-electron chi connectivity index (χ4n) is 3.56. The lowest BCUT2D eigenvalue weighted by molar-refractivity contribution is -0.122. The number of thioether (sulfide) groups is 1. The van der Waals surface area contributed by atoms with E-state index >= 15 is 0 Å². The summed E-state index contributed by atoms with van der Waals surface area (Å²) in [5.74, 6) is 2.57. The van der Waals surface area contributed by atoms with E-state index in [0.29, 0.717) is 52.8 Å². The van der Waals surface area contributed by atoms with Crippen molar-refractivity contribution in [3.8, 4) is 23.0 Å². The molecular formula is C28H27NO5S2. The van der Waals surface area contributed by atoms with Gasteiger partial charge in [0.05, 0.1) is 25.2 Å². The number of rotatable bonds is 11. The summed E-state index contributed by atoms with van der Waals surface area (Å²) in [5.41, 5.74) is 1.87. The van der Waals surface area contributed by atoms with Crippen LogP contribution in [0.15, 0.2) is 77.7 Å². The lowest BCUT2D eigenvalue weighted by atomic mass is 10.1. The summed E-state index contributed by atoms with van der Waals surface area (Å²) in [7, 11) is 1.62. The van der Waals surface area contributed by atoms with Gasteiger partial charge in [0, 0.05) is 6.07 Å². The fourth-order valence-corrected chi connectivity index (χ4v) is 4.81. The van der Waals surface area contributed by atoms with Crippen molar-refractivity contribution in [2.45, 2.75) is 13.5 Å². The summed E-state index contributed by atoms with van der Waals surface area (Å²) < 4.78 is 23.2. The lowest BCUT2D eigenvalue weighted by Gasteiger charge is -2.14. The van der Waals surface area contributed by atoms with E-state index in [-0.39, 0.29) is 5.91 Å². The van der Waals surface area contributed by atoms with Crippen molar-refractivity contribution >= 4 is 40.3 Å². The second kappa shape index (κ2) is 12.5. The van der Waals surface area contributed by atoms with Crippen LogP contribution in [0.5, 0.6) is 23.0 Å². The van der Waals surface area contributed by atoms with E-state index in [9.17, 15) is 4.79 Å². The molecule has 3 aromatic rings. The Hall–Kier alpha value is -3.49. The summed E-state index contributed by atoms with van der Waals surface area (Å²) in [6, 6.07) is 22.8. The molecule has 3 aromatic carbocycles. The number of nitrogens with zero attached hydrogens (tertiary/aromatic N) is 1. The van der Waals surface area contributed by atoms with Crippen molar-refractivity contribution in [1.82, 2.24) is 4.90 Å². The van der Waals surface area contributed by atoms with Gasteiger partial charge in [0.1, 0.15) is 29.0 Å². The summed E-state index contributed by atoms with van der Waals surface area (Å²) in [6.45, 7) is 3.56. The maximum atomic E-state index is 13.0. The number of hydrogen-bond donors (Lipinski definition) is 0. The van der Waals surface area contributed by atoms with Crippen molar-refractivity contribution < 1.29 is 23.7 Å². The zero-order chi connectivity index (χ0) is 25.3. The van der Waals surface area contributed by atoms with Gasteiger partial charge in [-0.3, -0.25) is 9.69 Å². The monoisotopic (exact) mass is 521 g/mol. The first-order valence-electron chi connectivity index (χ1n) is 11.5. The summed E-state index contributed by atoms with van der Waals surface area (Å²) in [6.07, 6.45) is 1.84. The molecule has 36 heavy (non-hydrogen) atoms. The Bertz CT molecular complexity index is 1250. The standard InChI is InChI=1S/C28H27NO5S2/c1-3-32-25-16-21(12-13-24(25)34-15-14-33-23-11-7-10-22(18-23)31-2)17-26-27(30)29(28(35)36-26)19-20-8-5-4-6-9-20/h4-13,16-18H,3,14-15,19H2,1-2H3/b26-17+. The van der Waals surface area contributed by atoms with Crippen LogP contribution in [0.1, 0.15) is 18.1 Å². The predicted molar refractivity (Wildman–Crippen MR) is 147 cm³/mol. The zero-order valence-corrected chi connectivity index (χ0v) is 21.8. The van der Waals surface area contributed by atoms with Crippen molar-refractivity contribution in [2.75, 3.05) is 26.9 Å². The largest absolute Gasteiger partial charge is 0.497 e. The van der Waals surface area contributed by atoms with Crippen LogP contribution in [0.4, 0.5) is 0 Å². The number of carbonyl (C=O) groups excluding carboxylic acids is 1. The van der Waals surface area contributed by atoms with E-state index in [0.717, 1.165) is 16.9 Å². The van der Waals surface area contributed by atoms with Gasteiger partial charge in [-0.05, 0) is 48.4 Å². The van der Waals surface area contributed by atoms with Gasteiger partial charge in [-0.1, -0.05) is 66.4 Å². The molecule has 0 atom stereocenters. The van der Waals surface area contributed by atoms with Gasteiger partial charge in [0.2, 0.25) is 0 Å². The predicted octanol–water partition coefficient (Wildman–Crippen LogP) is 5.95. The Morgan fingerprint density at radius 3 is 2.44 bits per heavy atom. The minimum atomic E-state index is -0.0955. The molecule has 0 aliphatic carbocycles. The van der Waals surface area contributed by atoms with Gasteiger partial charge in [-0.2, -0.15) is 0 Å². The molecule has 1 heterocycles. The van der Waals surface area contributed by atoms with Crippen LogP contribution >= 0.6 is 24.0 Å². The number of thiocarbonyl (C=S) groups is 1. The number of methoxy groups -OCH3 is 1. The molecule has 0 bridgehead atoms. The third-order valence-corrected chi connectivity index (χ3v) is 6.65. The normalized spacial score (nSPS) is 14.3. The molecule has 0 unspecified atom stereocenters. The highest BCUT2D eigenvalue weighted by Gasteiger charge is 2.32. The van der Waals surface area contributed by atoms with E-state index in [1.807, 2.05) is 85.8 Å². The first-order valence-corrected chi connectivity index (χ1v) is 12.8. The second-order valence-electron chi connectivity index (χ2n) is 7.77. The average Bonchev–Trinajstić information content (AvgIpc) is 3.15. The first-order chi connectivity index (χ1) is 17.6. The summed E-state index contributed by atoms with van der Waals surface area (Å²) >= 11 is 6.78. The third kappa shape index (κ3) is 6.59. The summed E-state index contributed by atoms with van der Waals surface area (Å²) in [5, 5.41) is 0. The number of benzene rings is 3. The highest BCUT2D eigenvalue weighted by molar-refractivity contribution is 8.26. The van der Waals surface area contributed by atoms with Crippen molar-refractivity contribution in [3.63, 3.8) is 0 Å². The molecule has 1 aliphatic heterocycles. The molecule has 1 aliphatic rings. The Morgan fingerprint density at radius 2 is 1.67 bits per heavy atom. The first kappa shape index (κ1) is 25.6. The molecule has 1 saturated heterocycles. The summed E-state index contributed by atoms with van der Waals surface area (Å²) in [4.78, 5) is 15.2. The molecule has 4 rings (SSSR count). The minimum absolute atomic E-state index is 0.0955. The Labute approximate surface area is 220 Å². The second-order valence-corrected chi connectivity index (χ2v) is 9.44. The maximum absolute atomic E-state index is 13.0. The highest BCUT2D eigenvalue weighted by Crippen LogP contribution is 2.35. The van der Waals surface area contributed by atoms with Crippen molar-refractivity contribution in [2.24, 2.45) is 0 Å². The van der Waals surface area contributed by atoms with Gasteiger partial charge in [0.25, 0.3) is 5.91 Å². The average molecular weight is 522 g/mol.